The summed E-state index contributed by atoms with van der Waals surface area (Å²) in [7, 11) is 0. The van der Waals surface area contributed by atoms with Gasteiger partial charge in [-0.1, -0.05) is 25.7 Å². The molecule has 1 amide bonds. The van der Waals surface area contributed by atoms with E-state index >= 15 is 0 Å². The molecule has 4 heteroatoms. The van der Waals surface area contributed by atoms with Gasteiger partial charge < -0.3 is 11.1 Å². The number of carbonyl (C=O) groups is 1. The smallest absolute Gasteiger partial charge is 0.237 e. The van der Waals surface area contributed by atoms with Crippen molar-refractivity contribution in [2.45, 2.75) is 51.6 Å². The van der Waals surface area contributed by atoms with Gasteiger partial charge in [0.05, 0.1) is 12.6 Å². The summed E-state index contributed by atoms with van der Waals surface area (Å²) in [6.07, 6.45) is 9.99. The normalized spacial score (nSPS) is 24.8. The van der Waals surface area contributed by atoms with Gasteiger partial charge in [-0.2, -0.15) is 0 Å². The summed E-state index contributed by atoms with van der Waals surface area (Å²) in [5, 5.41) is 2.77. The molecule has 0 radical (unpaired) electrons. The SMILES string of the molecule is C#CCNC(=O)C(C)N(CC)C1CCCCC1CN. The van der Waals surface area contributed by atoms with Crippen LogP contribution < -0.4 is 11.1 Å². The Bertz CT molecular complexity index is 324. The van der Waals surface area contributed by atoms with Crippen molar-refractivity contribution >= 4 is 5.91 Å². The van der Waals surface area contributed by atoms with Crippen LogP contribution >= 0.6 is 0 Å². The van der Waals surface area contributed by atoms with Crippen molar-refractivity contribution in [2.75, 3.05) is 19.6 Å². The minimum atomic E-state index is -0.143. The van der Waals surface area contributed by atoms with E-state index in [1.165, 1.54) is 19.3 Å². The van der Waals surface area contributed by atoms with Gasteiger partial charge in [0.25, 0.3) is 0 Å². The van der Waals surface area contributed by atoms with Gasteiger partial charge in [-0.15, -0.1) is 6.42 Å². The van der Waals surface area contributed by atoms with Crippen LogP contribution in [0.2, 0.25) is 0 Å². The van der Waals surface area contributed by atoms with E-state index in [0.29, 0.717) is 25.0 Å². The van der Waals surface area contributed by atoms with Gasteiger partial charge in [0.1, 0.15) is 0 Å². The van der Waals surface area contributed by atoms with Crippen molar-refractivity contribution in [3.05, 3.63) is 0 Å². The second-order valence-corrected chi connectivity index (χ2v) is 5.28. The summed E-state index contributed by atoms with van der Waals surface area (Å²) < 4.78 is 0. The fraction of sp³-hybridized carbons (Fsp3) is 0.800. The van der Waals surface area contributed by atoms with Gasteiger partial charge in [0.2, 0.25) is 5.91 Å². The van der Waals surface area contributed by atoms with Crippen molar-refractivity contribution in [3.8, 4) is 12.3 Å². The molecule has 0 aromatic rings. The van der Waals surface area contributed by atoms with Crippen LogP contribution in [0.5, 0.6) is 0 Å². The molecule has 1 fully saturated rings. The first-order valence-corrected chi connectivity index (χ1v) is 7.32. The highest BCUT2D eigenvalue weighted by molar-refractivity contribution is 5.81. The summed E-state index contributed by atoms with van der Waals surface area (Å²) in [6.45, 7) is 5.93. The molecular formula is C15H27N3O. The maximum absolute atomic E-state index is 12.1. The van der Waals surface area contributed by atoms with Crippen LogP contribution in [0.1, 0.15) is 39.5 Å². The molecule has 19 heavy (non-hydrogen) atoms. The van der Waals surface area contributed by atoms with E-state index in [1.54, 1.807) is 0 Å². The molecule has 0 heterocycles. The van der Waals surface area contributed by atoms with Gasteiger partial charge in [-0.05, 0) is 38.8 Å². The average molecular weight is 265 g/mol. The molecule has 1 saturated carbocycles. The summed E-state index contributed by atoms with van der Waals surface area (Å²) in [4.78, 5) is 14.3. The summed E-state index contributed by atoms with van der Waals surface area (Å²) in [6, 6.07) is 0.283. The molecule has 1 aliphatic rings. The Balaban J connectivity index is 2.69. The van der Waals surface area contributed by atoms with Crippen LogP contribution in [-0.4, -0.2) is 42.5 Å². The molecule has 1 rings (SSSR count). The van der Waals surface area contributed by atoms with Crippen molar-refractivity contribution in [1.82, 2.24) is 10.2 Å². The lowest BCUT2D eigenvalue weighted by Gasteiger charge is -2.41. The van der Waals surface area contributed by atoms with Gasteiger partial charge in [-0.3, -0.25) is 9.69 Å². The van der Waals surface area contributed by atoms with E-state index in [-0.39, 0.29) is 11.9 Å². The summed E-state index contributed by atoms with van der Waals surface area (Å²) >= 11 is 0. The fourth-order valence-electron chi connectivity index (χ4n) is 3.13. The number of nitrogens with one attached hydrogen (secondary N) is 1. The van der Waals surface area contributed by atoms with Gasteiger partial charge in [0, 0.05) is 6.04 Å². The van der Waals surface area contributed by atoms with Crippen molar-refractivity contribution < 1.29 is 4.79 Å². The third-order valence-electron chi connectivity index (χ3n) is 4.20. The molecule has 3 unspecified atom stereocenters. The number of amides is 1. The first-order chi connectivity index (χ1) is 9.15. The predicted molar refractivity (Wildman–Crippen MR) is 78.5 cm³/mol. The highest BCUT2D eigenvalue weighted by Gasteiger charge is 2.33. The Labute approximate surface area is 117 Å². The van der Waals surface area contributed by atoms with Crippen LogP contribution in [0.15, 0.2) is 0 Å². The maximum Gasteiger partial charge on any atom is 0.237 e. The van der Waals surface area contributed by atoms with Crippen LogP contribution in [0, 0.1) is 18.3 Å². The lowest BCUT2D eigenvalue weighted by atomic mass is 9.83. The average Bonchev–Trinajstić information content (AvgIpc) is 2.45. The van der Waals surface area contributed by atoms with E-state index in [0.717, 1.165) is 13.0 Å². The Hall–Kier alpha value is -1.05. The Morgan fingerprint density at radius 1 is 1.53 bits per heavy atom. The van der Waals surface area contributed by atoms with E-state index in [4.69, 9.17) is 12.2 Å². The summed E-state index contributed by atoms with van der Waals surface area (Å²) in [5.74, 6) is 2.97. The standard InChI is InChI=1S/C15H27N3O/c1-4-10-17-15(19)12(3)18(5-2)14-9-7-6-8-13(14)11-16/h1,12-14H,5-11,16H2,2-3H3,(H,17,19). The Kier molecular flexibility index (Phi) is 6.90. The van der Waals surface area contributed by atoms with E-state index in [1.807, 2.05) is 6.92 Å². The zero-order valence-electron chi connectivity index (χ0n) is 12.2. The zero-order valence-corrected chi connectivity index (χ0v) is 12.2. The minimum Gasteiger partial charge on any atom is -0.344 e. The number of nitrogens with zero attached hydrogens (tertiary/aromatic N) is 1. The predicted octanol–water partition coefficient (Wildman–Crippen LogP) is 0.964. The second-order valence-electron chi connectivity index (χ2n) is 5.28. The molecule has 4 nitrogen and oxygen atoms in total. The van der Waals surface area contributed by atoms with Crippen molar-refractivity contribution in [3.63, 3.8) is 0 Å². The monoisotopic (exact) mass is 265 g/mol. The largest absolute Gasteiger partial charge is 0.344 e. The molecule has 0 aromatic carbocycles. The number of rotatable bonds is 6. The van der Waals surface area contributed by atoms with E-state index < -0.39 is 0 Å². The van der Waals surface area contributed by atoms with Gasteiger partial charge in [0.15, 0.2) is 0 Å². The third-order valence-corrected chi connectivity index (χ3v) is 4.20. The van der Waals surface area contributed by atoms with Gasteiger partial charge in [-0.25, -0.2) is 0 Å². The molecule has 0 aliphatic heterocycles. The number of terminal acetylenes is 1. The highest BCUT2D eigenvalue weighted by atomic mass is 16.2. The van der Waals surface area contributed by atoms with E-state index in [9.17, 15) is 4.79 Å². The summed E-state index contributed by atoms with van der Waals surface area (Å²) in [5.41, 5.74) is 5.89. The molecular weight excluding hydrogens is 238 g/mol. The highest BCUT2D eigenvalue weighted by Crippen LogP contribution is 2.29. The maximum atomic E-state index is 12.1. The van der Waals surface area contributed by atoms with Crippen LogP contribution in [0.4, 0.5) is 0 Å². The topological polar surface area (TPSA) is 58.4 Å². The number of likely N-dealkylation sites (N-methyl/N-ethyl adjacent to an activating group) is 1. The number of nitrogens with two attached hydrogens (primary N) is 1. The number of carbonyl (C=O) groups excluding carboxylic acids is 1. The third kappa shape index (κ3) is 4.22. The minimum absolute atomic E-state index is 0.0149. The van der Waals surface area contributed by atoms with Crippen LogP contribution in [-0.2, 0) is 4.79 Å². The molecule has 0 aromatic heterocycles. The van der Waals surface area contributed by atoms with Crippen LogP contribution in [0.25, 0.3) is 0 Å². The molecule has 3 atom stereocenters. The molecule has 3 N–H and O–H groups in total. The number of hydrogen-bond acceptors (Lipinski definition) is 3. The van der Waals surface area contributed by atoms with Gasteiger partial charge >= 0.3 is 0 Å². The molecule has 0 saturated heterocycles. The van der Waals surface area contributed by atoms with E-state index in [2.05, 4.69) is 23.1 Å². The van der Waals surface area contributed by atoms with Crippen LogP contribution in [0.3, 0.4) is 0 Å². The lowest BCUT2D eigenvalue weighted by molar-refractivity contribution is -0.127. The fourth-order valence-corrected chi connectivity index (χ4v) is 3.13. The van der Waals surface area contributed by atoms with Crippen molar-refractivity contribution in [1.29, 1.82) is 0 Å². The first-order valence-electron chi connectivity index (χ1n) is 7.32. The molecule has 108 valence electrons. The quantitative estimate of drug-likeness (QED) is 0.703. The molecule has 0 bridgehead atoms. The Morgan fingerprint density at radius 3 is 2.79 bits per heavy atom. The van der Waals surface area contributed by atoms with Crippen molar-refractivity contribution in [2.24, 2.45) is 11.7 Å². The molecule has 1 aliphatic carbocycles. The second kappa shape index (κ2) is 8.19. The first kappa shape index (κ1) is 16.0. The Morgan fingerprint density at radius 2 is 2.21 bits per heavy atom. The lowest BCUT2D eigenvalue weighted by Crippen LogP contribution is -2.53. The number of hydrogen-bond donors (Lipinski definition) is 2. The molecule has 0 spiro atoms. The zero-order chi connectivity index (χ0) is 14.3.